The van der Waals surface area contributed by atoms with Gasteiger partial charge in [0.1, 0.15) is 0 Å². The van der Waals surface area contributed by atoms with E-state index in [1.165, 1.54) is 7.11 Å². The van der Waals surface area contributed by atoms with Crippen molar-refractivity contribution in [1.82, 2.24) is 0 Å². The smallest absolute Gasteiger partial charge is 0.180 e. The van der Waals surface area contributed by atoms with E-state index in [2.05, 4.69) is 20.8 Å². The van der Waals surface area contributed by atoms with Crippen molar-refractivity contribution in [2.45, 2.75) is 37.2 Å². The first kappa shape index (κ1) is 16.1. The molecule has 0 bridgehead atoms. The molecule has 1 unspecified atom stereocenters. The number of aliphatic hydroxyl groups excluding tert-OH is 1. The van der Waals surface area contributed by atoms with Gasteiger partial charge in [-0.2, -0.15) is 0 Å². The van der Waals surface area contributed by atoms with Crippen molar-refractivity contribution in [3.8, 4) is 0 Å². The molecule has 1 N–H and O–H groups in total. The maximum atomic E-state index is 12.1. The molecule has 4 nitrogen and oxygen atoms in total. The summed E-state index contributed by atoms with van der Waals surface area (Å²) >= 11 is 0. The first-order valence-electron chi connectivity index (χ1n) is 6.17. The largest absolute Gasteiger partial charge is 0.390 e. The van der Waals surface area contributed by atoms with Crippen LogP contribution in [-0.2, 0) is 20.0 Å². The number of aliphatic hydroxyl groups is 1. The molecule has 0 fully saturated rings. The number of methoxy groups -OCH3 is 1. The Morgan fingerprint density at radius 1 is 1.21 bits per heavy atom. The van der Waals surface area contributed by atoms with Gasteiger partial charge in [0.25, 0.3) is 0 Å². The van der Waals surface area contributed by atoms with Crippen molar-refractivity contribution < 1.29 is 18.3 Å². The zero-order chi connectivity index (χ0) is 14.7. The Morgan fingerprint density at radius 2 is 1.74 bits per heavy atom. The topological polar surface area (TPSA) is 63.6 Å². The minimum Gasteiger partial charge on any atom is -0.390 e. The lowest BCUT2D eigenvalue weighted by Crippen LogP contribution is -2.25. The molecule has 108 valence electrons. The third kappa shape index (κ3) is 4.60. The molecule has 1 rings (SSSR count). The summed E-state index contributed by atoms with van der Waals surface area (Å²) in [5.41, 5.74) is 1.06. The van der Waals surface area contributed by atoms with Crippen LogP contribution in [0.5, 0.6) is 0 Å². The van der Waals surface area contributed by atoms with Crippen LogP contribution in [0.2, 0.25) is 0 Å². The Morgan fingerprint density at radius 3 is 2.16 bits per heavy atom. The molecule has 0 saturated heterocycles. The maximum Gasteiger partial charge on any atom is 0.180 e. The molecular formula is C14H22O4S. The molecule has 0 radical (unpaired) electrons. The van der Waals surface area contributed by atoms with Crippen molar-refractivity contribution in [2.24, 2.45) is 0 Å². The fourth-order valence-corrected chi connectivity index (χ4v) is 3.10. The molecule has 1 atom stereocenters. The van der Waals surface area contributed by atoms with Crippen LogP contribution in [-0.4, -0.2) is 39.1 Å². The van der Waals surface area contributed by atoms with Crippen molar-refractivity contribution in [3.63, 3.8) is 0 Å². The molecule has 0 aliphatic rings. The lowest BCUT2D eigenvalue weighted by Gasteiger charge is -2.19. The van der Waals surface area contributed by atoms with E-state index in [0.717, 1.165) is 5.56 Å². The van der Waals surface area contributed by atoms with Crippen LogP contribution in [0.3, 0.4) is 0 Å². The summed E-state index contributed by atoms with van der Waals surface area (Å²) in [7, 11) is -2.05. The number of ether oxygens (including phenoxy) is 1. The Kier molecular flexibility index (Phi) is 5.12. The van der Waals surface area contributed by atoms with Gasteiger partial charge in [-0.25, -0.2) is 8.42 Å². The predicted molar refractivity (Wildman–Crippen MR) is 75.1 cm³/mol. The van der Waals surface area contributed by atoms with Crippen LogP contribution in [0.1, 0.15) is 26.3 Å². The second kappa shape index (κ2) is 6.03. The zero-order valence-electron chi connectivity index (χ0n) is 11.9. The molecule has 0 spiro atoms. The van der Waals surface area contributed by atoms with Crippen LogP contribution >= 0.6 is 0 Å². The van der Waals surface area contributed by atoms with Gasteiger partial charge in [-0.1, -0.05) is 32.9 Å². The number of benzene rings is 1. The van der Waals surface area contributed by atoms with Gasteiger partial charge < -0.3 is 9.84 Å². The van der Waals surface area contributed by atoms with Crippen LogP contribution in [0.25, 0.3) is 0 Å². The maximum absolute atomic E-state index is 12.1. The molecule has 0 aromatic heterocycles. The third-order valence-electron chi connectivity index (χ3n) is 2.85. The number of hydrogen-bond donors (Lipinski definition) is 1. The lowest BCUT2D eigenvalue weighted by molar-refractivity contribution is 0.0783. The molecule has 0 amide bonds. The Labute approximate surface area is 115 Å². The van der Waals surface area contributed by atoms with Crippen molar-refractivity contribution >= 4 is 9.84 Å². The SMILES string of the molecule is COCC(O)CS(=O)(=O)c1ccc(C(C)(C)C)cc1. The van der Waals surface area contributed by atoms with Gasteiger partial charge >= 0.3 is 0 Å². The summed E-state index contributed by atoms with van der Waals surface area (Å²) < 4.78 is 28.9. The molecule has 1 aromatic rings. The van der Waals surface area contributed by atoms with Gasteiger partial charge in [0.15, 0.2) is 9.84 Å². The molecule has 0 aliphatic heterocycles. The number of hydrogen-bond acceptors (Lipinski definition) is 4. The highest BCUT2D eigenvalue weighted by Crippen LogP contribution is 2.23. The summed E-state index contributed by atoms with van der Waals surface area (Å²) in [6, 6.07) is 6.82. The van der Waals surface area contributed by atoms with Gasteiger partial charge in [-0.3, -0.25) is 0 Å². The van der Waals surface area contributed by atoms with Gasteiger partial charge in [0, 0.05) is 7.11 Å². The average Bonchev–Trinajstić information content (AvgIpc) is 2.27. The minimum atomic E-state index is -3.47. The highest BCUT2D eigenvalue weighted by atomic mass is 32.2. The second-order valence-corrected chi connectivity index (χ2v) is 7.70. The van der Waals surface area contributed by atoms with E-state index in [1.54, 1.807) is 12.1 Å². The predicted octanol–water partition coefficient (Wildman–Crippen LogP) is 1.77. The van der Waals surface area contributed by atoms with Gasteiger partial charge in [-0.15, -0.1) is 0 Å². The van der Waals surface area contributed by atoms with Gasteiger partial charge in [0.05, 0.1) is 23.4 Å². The summed E-state index contributed by atoms with van der Waals surface area (Å²) in [5.74, 6) is -0.324. The standard InChI is InChI=1S/C14H22O4S/c1-14(2,3)11-5-7-13(8-6-11)19(16,17)10-12(15)9-18-4/h5-8,12,15H,9-10H2,1-4H3. The normalized spacial score (nSPS) is 14.4. The average molecular weight is 286 g/mol. The Bertz CT molecular complexity index is 497. The summed E-state index contributed by atoms with van der Waals surface area (Å²) in [6.07, 6.45) is -1.00. The molecule has 0 heterocycles. The highest BCUT2D eigenvalue weighted by molar-refractivity contribution is 7.91. The van der Waals surface area contributed by atoms with E-state index in [4.69, 9.17) is 4.74 Å². The van der Waals surface area contributed by atoms with Crippen molar-refractivity contribution in [3.05, 3.63) is 29.8 Å². The van der Waals surface area contributed by atoms with Crippen LogP contribution in [0, 0.1) is 0 Å². The van der Waals surface area contributed by atoms with E-state index in [1.807, 2.05) is 12.1 Å². The highest BCUT2D eigenvalue weighted by Gasteiger charge is 2.21. The van der Waals surface area contributed by atoms with Crippen LogP contribution in [0.4, 0.5) is 0 Å². The first-order valence-corrected chi connectivity index (χ1v) is 7.82. The number of rotatable bonds is 5. The van der Waals surface area contributed by atoms with Crippen molar-refractivity contribution in [2.75, 3.05) is 19.5 Å². The lowest BCUT2D eigenvalue weighted by atomic mass is 9.87. The monoisotopic (exact) mass is 286 g/mol. The zero-order valence-corrected chi connectivity index (χ0v) is 12.7. The Balaban J connectivity index is 2.91. The van der Waals surface area contributed by atoms with E-state index < -0.39 is 15.9 Å². The minimum absolute atomic E-state index is 0.0132. The van der Waals surface area contributed by atoms with Crippen LogP contribution in [0.15, 0.2) is 29.2 Å². The second-order valence-electron chi connectivity index (χ2n) is 5.66. The summed E-state index contributed by atoms with van der Waals surface area (Å²) in [6.45, 7) is 6.22. The van der Waals surface area contributed by atoms with Crippen molar-refractivity contribution in [1.29, 1.82) is 0 Å². The first-order chi connectivity index (χ1) is 8.66. The van der Waals surface area contributed by atoms with E-state index >= 15 is 0 Å². The summed E-state index contributed by atoms with van der Waals surface area (Å²) in [5, 5.41) is 9.53. The van der Waals surface area contributed by atoms with Gasteiger partial charge in [-0.05, 0) is 23.1 Å². The quantitative estimate of drug-likeness (QED) is 0.896. The molecule has 0 aliphatic carbocycles. The van der Waals surface area contributed by atoms with Crippen LogP contribution < -0.4 is 0 Å². The summed E-state index contributed by atoms with van der Waals surface area (Å²) in [4.78, 5) is 0.232. The van der Waals surface area contributed by atoms with E-state index in [-0.39, 0.29) is 22.7 Å². The molecule has 0 saturated carbocycles. The molecular weight excluding hydrogens is 264 g/mol. The molecule has 1 aromatic carbocycles. The molecule has 19 heavy (non-hydrogen) atoms. The third-order valence-corrected chi connectivity index (χ3v) is 4.66. The van der Waals surface area contributed by atoms with Gasteiger partial charge in [0.2, 0.25) is 0 Å². The fourth-order valence-electron chi connectivity index (χ4n) is 1.75. The molecule has 5 heteroatoms. The fraction of sp³-hybridized carbons (Fsp3) is 0.571. The van der Waals surface area contributed by atoms with E-state index in [9.17, 15) is 13.5 Å². The Hall–Kier alpha value is -0.910. The van der Waals surface area contributed by atoms with E-state index in [0.29, 0.717) is 0 Å². The number of sulfone groups is 1.